The lowest BCUT2D eigenvalue weighted by atomic mass is 10.0. The Labute approximate surface area is 197 Å². The molecule has 1 N–H and O–H groups in total. The predicted molar refractivity (Wildman–Crippen MR) is 128 cm³/mol. The standard InChI is InChI=1S/C23H24Cl3N3O2/c1-28-11-9-17(10-12-28)29(2)23(31)18-14-16(24)5-7-21(18)27-22(30)8-4-15-3-6-19(25)20(26)13-15/h3-8,13-14,17H,9-12H2,1-2H3,(H,27,30). The first-order valence-corrected chi connectivity index (χ1v) is 11.1. The Hall–Kier alpha value is -2.05. The van der Waals surface area contributed by atoms with Crippen molar-refractivity contribution < 1.29 is 9.59 Å². The Bertz CT molecular complexity index is 1000. The number of halogens is 3. The SMILES string of the molecule is CN1CCC(N(C)C(=O)c2cc(Cl)ccc2NC(=O)C=Cc2ccc(Cl)c(Cl)c2)CC1. The maximum atomic E-state index is 13.2. The first kappa shape index (κ1) is 23.6. The smallest absolute Gasteiger partial charge is 0.256 e. The maximum absolute atomic E-state index is 13.2. The van der Waals surface area contributed by atoms with E-state index in [1.807, 2.05) is 0 Å². The average molecular weight is 481 g/mol. The van der Waals surface area contributed by atoms with E-state index < -0.39 is 0 Å². The third-order valence-corrected chi connectivity index (χ3v) is 6.37. The van der Waals surface area contributed by atoms with Crippen molar-refractivity contribution in [3.05, 3.63) is 68.7 Å². The molecule has 0 unspecified atom stereocenters. The quantitative estimate of drug-likeness (QED) is 0.578. The lowest BCUT2D eigenvalue weighted by molar-refractivity contribution is -0.111. The van der Waals surface area contributed by atoms with Gasteiger partial charge in [-0.1, -0.05) is 40.9 Å². The van der Waals surface area contributed by atoms with Gasteiger partial charge in [-0.2, -0.15) is 0 Å². The summed E-state index contributed by atoms with van der Waals surface area (Å²) >= 11 is 18.1. The normalized spacial score (nSPS) is 15.3. The van der Waals surface area contributed by atoms with Gasteiger partial charge in [0.15, 0.2) is 0 Å². The molecule has 2 amide bonds. The van der Waals surface area contributed by atoms with Gasteiger partial charge >= 0.3 is 0 Å². The number of hydrogen-bond donors (Lipinski definition) is 1. The van der Waals surface area contributed by atoms with Gasteiger partial charge in [-0.3, -0.25) is 9.59 Å². The molecule has 1 saturated heterocycles. The summed E-state index contributed by atoms with van der Waals surface area (Å²) < 4.78 is 0. The van der Waals surface area contributed by atoms with Gasteiger partial charge < -0.3 is 15.1 Å². The van der Waals surface area contributed by atoms with Crippen molar-refractivity contribution in [3.8, 4) is 0 Å². The van der Waals surface area contributed by atoms with E-state index in [9.17, 15) is 9.59 Å². The van der Waals surface area contributed by atoms with Gasteiger partial charge in [0.2, 0.25) is 5.91 Å². The number of nitrogens with zero attached hydrogens (tertiary/aromatic N) is 2. The Kier molecular flexibility index (Phi) is 8.00. The number of carbonyl (C=O) groups is 2. The van der Waals surface area contributed by atoms with Crippen LogP contribution in [0.3, 0.4) is 0 Å². The average Bonchev–Trinajstić information content (AvgIpc) is 2.75. The summed E-state index contributed by atoms with van der Waals surface area (Å²) in [6.07, 6.45) is 4.82. The highest BCUT2D eigenvalue weighted by atomic mass is 35.5. The molecule has 0 bridgehead atoms. The Morgan fingerprint density at radius 3 is 2.45 bits per heavy atom. The van der Waals surface area contributed by atoms with Crippen molar-refractivity contribution in [3.63, 3.8) is 0 Å². The second-order valence-corrected chi connectivity index (χ2v) is 8.89. The van der Waals surface area contributed by atoms with E-state index in [0.29, 0.717) is 26.3 Å². The van der Waals surface area contributed by atoms with Crippen LogP contribution < -0.4 is 5.32 Å². The van der Waals surface area contributed by atoms with E-state index in [-0.39, 0.29) is 17.9 Å². The third kappa shape index (κ3) is 6.23. The molecule has 0 aromatic heterocycles. The van der Waals surface area contributed by atoms with Gasteiger partial charge in [0.1, 0.15) is 0 Å². The molecule has 8 heteroatoms. The van der Waals surface area contributed by atoms with Crippen molar-refractivity contribution in [2.45, 2.75) is 18.9 Å². The van der Waals surface area contributed by atoms with Crippen LogP contribution >= 0.6 is 34.8 Å². The molecule has 31 heavy (non-hydrogen) atoms. The molecular formula is C23H24Cl3N3O2. The number of likely N-dealkylation sites (tertiary alicyclic amines) is 1. The zero-order valence-corrected chi connectivity index (χ0v) is 19.6. The molecule has 1 aliphatic rings. The van der Waals surface area contributed by atoms with Gasteiger partial charge in [0, 0.05) is 24.2 Å². The van der Waals surface area contributed by atoms with E-state index in [2.05, 4.69) is 17.3 Å². The first-order chi connectivity index (χ1) is 14.7. The number of anilines is 1. The van der Waals surface area contributed by atoms with Crippen LogP contribution in [0.25, 0.3) is 6.08 Å². The van der Waals surface area contributed by atoms with Gasteiger partial charge in [-0.15, -0.1) is 0 Å². The van der Waals surface area contributed by atoms with Crippen molar-refractivity contribution in [1.82, 2.24) is 9.80 Å². The van der Waals surface area contributed by atoms with Gasteiger partial charge in [0.05, 0.1) is 21.3 Å². The van der Waals surface area contributed by atoms with Crippen molar-refractivity contribution in [2.24, 2.45) is 0 Å². The monoisotopic (exact) mass is 479 g/mol. The van der Waals surface area contributed by atoms with Crippen molar-refractivity contribution >= 4 is 58.4 Å². The van der Waals surface area contributed by atoms with Crippen LogP contribution in [0.1, 0.15) is 28.8 Å². The van der Waals surface area contributed by atoms with Crippen LogP contribution in [0.4, 0.5) is 5.69 Å². The molecule has 2 aromatic rings. The highest BCUT2D eigenvalue weighted by Crippen LogP contribution is 2.25. The molecule has 2 aromatic carbocycles. The van der Waals surface area contributed by atoms with Crippen molar-refractivity contribution in [2.75, 3.05) is 32.5 Å². The second kappa shape index (κ2) is 10.5. The molecular weight excluding hydrogens is 457 g/mol. The molecule has 1 aliphatic heterocycles. The number of piperidine rings is 1. The molecule has 1 fully saturated rings. The van der Waals surface area contributed by atoms with Crippen LogP contribution in [0.5, 0.6) is 0 Å². The van der Waals surface area contributed by atoms with Gasteiger partial charge in [-0.05, 0) is 75.0 Å². The maximum Gasteiger partial charge on any atom is 0.256 e. The third-order valence-electron chi connectivity index (χ3n) is 5.40. The Morgan fingerprint density at radius 2 is 1.77 bits per heavy atom. The lowest BCUT2D eigenvalue weighted by Gasteiger charge is -2.35. The largest absolute Gasteiger partial charge is 0.339 e. The Balaban J connectivity index is 1.74. The molecule has 3 rings (SSSR count). The highest BCUT2D eigenvalue weighted by Gasteiger charge is 2.26. The van der Waals surface area contributed by atoms with Gasteiger partial charge in [0.25, 0.3) is 5.91 Å². The van der Waals surface area contributed by atoms with E-state index in [0.717, 1.165) is 31.5 Å². The van der Waals surface area contributed by atoms with E-state index in [4.69, 9.17) is 34.8 Å². The lowest BCUT2D eigenvalue weighted by Crippen LogP contribution is -2.44. The second-order valence-electron chi connectivity index (χ2n) is 7.64. The number of benzene rings is 2. The first-order valence-electron chi connectivity index (χ1n) is 9.94. The minimum atomic E-state index is -0.371. The Morgan fingerprint density at radius 1 is 1.06 bits per heavy atom. The summed E-state index contributed by atoms with van der Waals surface area (Å²) in [4.78, 5) is 29.7. The van der Waals surface area contributed by atoms with Crippen LogP contribution in [-0.2, 0) is 4.79 Å². The van der Waals surface area contributed by atoms with E-state index in [1.165, 1.54) is 6.08 Å². The highest BCUT2D eigenvalue weighted by molar-refractivity contribution is 6.42. The zero-order chi connectivity index (χ0) is 22.5. The van der Waals surface area contributed by atoms with Gasteiger partial charge in [-0.25, -0.2) is 0 Å². The van der Waals surface area contributed by atoms with Crippen LogP contribution in [0, 0.1) is 0 Å². The minimum Gasteiger partial charge on any atom is -0.339 e. The van der Waals surface area contributed by atoms with E-state index in [1.54, 1.807) is 54.4 Å². The topological polar surface area (TPSA) is 52.6 Å². The van der Waals surface area contributed by atoms with Crippen molar-refractivity contribution in [1.29, 1.82) is 0 Å². The molecule has 0 radical (unpaired) electrons. The molecule has 0 saturated carbocycles. The van der Waals surface area contributed by atoms with E-state index >= 15 is 0 Å². The molecule has 5 nitrogen and oxygen atoms in total. The number of nitrogens with one attached hydrogen (secondary N) is 1. The molecule has 1 heterocycles. The molecule has 0 spiro atoms. The molecule has 0 atom stereocenters. The fraction of sp³-hybridized carbons (Fsp3) is 0.304. The zero-order valence-electron chi connectivity index (χ0n) is 17.4. The number of hydrogen-bond acceptors (Lipinski definition) is 3. The summed E-state index contributed by atoms with van der Waals surface area (Å²) in [7, 11) is 3.88. The fourth-order valence-corrected chi connectivity index (χ4v) is 3.98. The molecule has 164 valence electrons. The number of amides is 2. The summed E-state index contributed by atoms with van der Waals surface area (Å²) in [6.45, 7) is 1.89. The summed E-state index contributed by atoms with van der Waals surface area (Å²) in [5.74, 6) is -0.537. The predicted octanol–water partition coefficient (Wildman–Crippen LogP) is 5.46. The van der Waals surface area contributed by atoms with Crippen LogP contribution in [0.15, 0.2) is 42.5 Å². The van der Waals surface area contributed by atoms with Crippen LogP contribution in [0.2, 0.25) is 15.1 Å². The summed E-state index contributed by atoms with van der Waals surface area (Å²) in [5, 5.41) is 4.07. The fourth-order valence-electron chi connectivity index (χ4n) is 3.50. The summed E-state index contributed by atoms with van der Waals surface area (Å²) in [6, 6.07) is 10.1. The van der Waals surface area contributed by atoms with Crippen LogP contribution in [-0.4, -0.2) is 54.8 Å². The number of rotatable bonds is 5. The molecule has 0 aliphatic carbocycles. The number of carbonyl (C=O) groups excluding carboxylic acids is 2. The minimum absolute atomic E-state index is 0.154. The summed E-state index contributed by atoms with van der Waals surface area (Å²) in [5.41, 5.74) is 1.52.